The zero-order chi connectivity index (χ0) is 17.7. The largest absolute Gasteiger partial charge is 0.495 e. The summed E-state index contributed by atoms with van der Waals surface area (Å²) in [6.45, 7) is 4.19. The summed E-state index contributed by atoms with van der Waals surface area (Å²) in [6.07, 6.45) is 2.81. The number of methoxy groups -OCH3 is 1. The summed E-state index contributed by atoms with van der Waals surface area (Å²) < 4.78 is 7.33. The van der Waals surface area contributed by atoms with E-state index >= 15 is 0 Å². The first-order chi connectivity index (χ1) is 11.5. The van der Waals surface area contributed by atoms with Crippen LogP contribution in [0.15, 0.2) is 30.5 Å². The molecule has 0 aliphatic rings. The Kier molecular flexibility index (Phi) is 5.84. The number of para-hydroxylation sites is 1. The number of nitrogens with one attached hydrogen (secondary N) is 1. The van der Waals surface area contributed by atoms with Crippen LogP contribution in [0.5, 0.6) is 5.75 Å². The van der Waals surface area contributed by atoms with Gasteiger partial charge in [0.25, 0.3) is 0 Å². The van der Waals surface area contributed by atoms with E-state index in [-0.39, 0.29) is 18.2 Å². The highest BCUT2D eigenvalue weighted by Gasteiger charge is 2.25. The van der Waals surface area contributed by atoms with Crippen molar-refractivity contribution in [3.05, 3.63) is 30.5 Å². The Bertz CT molecular complexity index is 723. The van der Waals surface area contributed by atoms with Gasteiger partial charge in [0.2, 0.25) is 5.91 Å². The van der Waals surface area contributed by atoms with Gasteiger partial charge in [-0.3, -0.25) is 4.79 Å². The molecule has 2 atom stereocenters. The molecule has 0 spiro atoms. The first-order valence-corrected chi connectivity index (χ1v) is 8.12. The lowest BCUT2D eigenvalue weighted by Crippen LogP contribution is -2.45. The monoisotopic (exact) mass is 332 g/mol. The van der Waals surface area contributed by atoms with Crippen LogP contribution in [0, 0.1) is 5.92 Å². The van der Waals surface area contributed by atoms with Crippen molar-refractivity contribution in [1.29, 1.82) is 0 Å². The van der Waals surface area contributed by atoms with E-state index in [2.05, 4.69) is 5.32 Å². The molecule has 0 unspecified atom stereocenters. The van der Waals surface area contributed by atoms with Crippen molar-refractivity contribution >= 4 is 22.8 Å². The highest BCUT2D eigenvalue weighted by atomic mass is 16.5. The second-order valence-electron chi connectivity index (χ2n) is 5.93. The normalized spacial score (nSPS) is 13.5. The topological polar surface area (TPSA) is 80.6 Å². The summed E-state index contributed by atoms with van der Waals surface area (Å²) in [6, 6.07) is 6.90. The first-order valence-electron chi connectivity index (χ1n) is 8.12. The van der Waals surface area contributed by atoms with Gasteiger partial charge in [-0.25, -0.2) is 4.79 Å². The van der Waals surface area contributed by atoms with E-state index in [1.165, 1.54) is 0 Å². The van der Waals surface area contributed by atoms with E-state index in [1.54, 1.807) is 7.11 Å². The molecule has 0 fully saturated rings. The molecule has 2 aromatic rings. The van der Waals surface area contributed by atoms with Gasteiger partial charge >= 0.3 is 5.97 Å². The number of ether oxygens (including phenoxy) is 1. The number of benzene rings is 1. The number of amides is 1. The summed E-state index contributed by atoms with van der Waals surface area (Å²) in [7, 11) is 1.61. The van der Waals surface area contributed by atoms with Gasteiger partial charge in [-0.15, -0.1) is 0 Å². The molecule has 1 amide bonds. The molecule has 0 aliphatic carbocycles. The van der Waals surface area contributed by atoms with Crippen molar-refractivity contribution in [2.75, 3.05) is 7.11 Å². The van der Waals surface area contributed by atoms with Gasteiger partial charge in [-0.05, 0) is 18.1 Å². The maximum atomic E-state index is 12.1. The molecule has 2 N–H and O–H groups in total. The van der Waals surface area contributed by atoms with E-state index in [0.29, 0.717) is 13.0 Å². The number of carboxylic acid groups (broad SMARTS) is 1. The van der Waals surface area contributed by atoms with E-state index in [1.807, 2.05) is 48.9 Å². The van der Waals surface area contributed by atoms with E-state index in [0.717, 1.165) is 16.7 Å². The molecular formula is C18H24N2O4. The molecule has 0 radical (unpaired) electrons. The van der Waals surface area contributed by atoms with Gasteiger partial charge in [-0.1, -0.05) is 32.4 Å². The Balaban J connectivity index is 2.05. The van der Waals surface area contributed by atoms with Crippen LogP contribution in [0.2, 0.25) is 0 Å². The van der Waals surface area contributed by atoms with Crippen molar-refractivity contribution in [2.24, 2.45) is 5.92 Å². The summed E-state index contributed by atoms with van der Waals surface area (Å²) in [5, 5.41) is 12.9. The predicted molar refractivity (Wildman–Crippen MR) is 92.1 cm³/mol. The van der Waals surface area contributed by atoms with Crippen LogP contribution >= 0.6 is 0 Å². The number of aryl methyl sites for hydroxylation is 1. The van der Waals surface area contributed by atoms with Gasteiger partial charge in [0.15, 0.2) is 0 Å². The van der Waals surface area contributed by atoms with Gasteiger partial charge in [-0.2, -0.15) is 0 Å². The number of aliphatic carboxylic acids is 1. The van der Waals surface area contributed by atoms with Crippen LogP contribution in [0.4, 0.5) is 0 Å². The fraction of sp³-hybridized carbons (Fsp3) is 0.444. The standard InChI is InChI=1S/C18H24N2O4/c1-4-12(2)16(18(22)23)19-15(21)9-11-20-10-8-13-6-5-7-14(24-3)17(13)20/h5-8,10,12,16H,4,9,11H2,1-3H3,(H,19,21)(H,22,23)/t12-,16+/m0/s1. The lowest BCUT2D eigenvalue weighted by molar-refractivity contribution is -0.143. The van der Waals surface area contributed by atoms with Crippen LogP contribution in [0.1, 0.15) is 26.7 Å². The Morgan fingerprint density at radius 3 is 2.71 bits per heavy atom. The number of carbonyl (C=O) groups excluding carboxylic acids is 1. The highest BCUT2D eigenvalue weighted by Crippen LogP contribution is 2.26. The minimum atomic E-state index is -0.995. The average molecular weight is 332 g/mol. The number of hydrogen-bond donors (Lipinski definition) is 2. The Hall–Kier alpha value is -2.50. The molecule has 1 heterocycles. The molecule has 0 aliphatic heterocycles. The average Bonchev–Trinajstić information content (AvgIpc) is 3.00. The lowest BCUT2D eigenvalue weighted by atomic mass is 9.99. The first kappa shape index (κ1) is 17.8. The van der Waals surface area contributed by atoms with Crippen molar-refractivity contribution in [3.8, 4) is 5.75 Å². The summed E-state index contributed by atoms with van der Waals surface area (Å²) in [5.41, 5.74) is 0.935. The minimum Gasteiger partial charge on any atom is -0.495 e. The molecule has 0 saturated heterocycles. The number of carbonyl (C=O) groups is 2. The van der Waals surface area contributed by atoms with Crippen molar-refractivity contribution in [1.82, 2.24) is 9.88 Å². The van der Waals surface area contributed by atoms with Gasteiger partial charge < -0.3 is 19.7 Å². The molecule has 6 heteroatoms. The minimum absolute atomic E-state index is 0.112. The zero-order valence-corrected chi connectivity index (χ0v) is 14.3. The van der Waals surface area contributed by atoms with Crippen molar-refractivity contribution < 1.29 is 19.4 Å². The molecule has 0 bridgehead atoms. The molecule has 0 saturated carbocycles. The zero-order valence-electron chi connectivity index (χ0n) is 14.3. The quantitative estimate of drug-likeness (QED) is 0.779. The number of fused-ring (bicyclic) bond motifs is 1. The third-order valence-corrected chi connectivity index (χ3v) is 4.35. The van der Waals surface area contributed by atoms with Gasteiger partial charge in [0, 0.05) is 24.5 Å². The maximum absolute atomic E-state index is 12.1. The molecule has 6 nitrogen and oxygen atoms in total. The van der Waals surface area contributed by atoms with Crippen LogP contribution in [-0.4, -0.2) is 34.7 Å². The van der Waals surface area contributed by atoms with Gasteiger partial charge in [0.1, 0.15) is 11.8 Å². The highest BCUT2D eigenvalue weighted by molar-refractivity contribution is 5.86. The second kappa shape index (κ2) is 7.86. The molecule has 24 heavy (non-hydrogen) atoms. The summed E-state index contributed by atoms with van der Waals surface area (Å²) in [5.74, 6) is -0.620. The van der Waals surface area contributed by atoms with Crippen LogP contribution in [0.3, 0.4) is 0 Å². The summed E-state index contributed by atoms with van der Waals surface area (Å²) >= 11 is 0. The lowest BCUT2D eigenvalue weighted by Gasteiger charge is -2.20. The van der Waals surface area contributed by atoms with E-state index in [9.17, 15) is 14.7 Å². The predicted octanol–water partition coefficient (Wildman–Crippen LogP) is 2.66. The fourth-order valence-electron chi connectivity index (χ4n) is 2.73. The SMILES string of the molecule is CC[C@H](C)[C@@H](NC(=O)CCn1ccc2cccc(OC)c21)C(=O)O. The third kappa shape index (κ3) is 3.88. The number of nitrogens with zero attached hydrogens (tertiary/aromatic N) is 1. The Morgan fingerprint density at radius 2 is 2.08 bits per heavy atom. The molecular weight excluding hydrogens is 308 g/mol. The summed E-state index contributed by atoms with van der Waals surface area (Å²) in [4.78, 5) is 23.4. The van der Waals surface area contributed by atoms with E-state index < -0.39 is 12.0 Å². The van der Waals surface area contributed by atoms with E-state index in [4.69, 9.17) is 4.74 Å². The number of carboxylic acids is 1. The Labute approximate surface area is 141 Å². The molecule has 130 valence electrons. The smallest absolute Gasteiger partial charge is 0.326 e. The molecule has 2 rings (SSSR count). The molecule has 1 aromatic heterocycles. The third-order valence-electron chi connectivity index (χ3n) is 4.35. The Morgan fingerprint density at radius 1 is 1.33 bits per heavy atom. The van der Waals surface area contributed by atoms with Crippen molar-refractivity contribution in [3.63, 3.8) is 0 Å². The second-order valence-corrected chi connectivity index (χ2v) is 5.93. The van der Waals surface area contributed by atoms with Crippen LogP contribution < -0.4 is 10.1 Å². The number of hydrogen-bond acceptors (Lipinski definition) is 3. The molecule has 1 aromatic carbocycles. The van der Waals surface area contributed by atoms with Gasteiger partial charge in [0.05, 0.1) is 12.6 Å². The fourth-order valence-corrected chi connectivity index (χ4v) is 2.73. The van der Waals surface area contributed by atoms with Crippen LogP contribution in [0.25, 0.3) is 10.9 Å². The van der Waals surface area contributed by atoms with Crippen LogP contribution in [-0.2, 0) is 16.1 Å². The number of aromatic nitrogens is 1. The van der Waals surface area contributed by atoms with Crippen molar-refractivity contribution in [2.45, 2.75) is 39.3 Å². The maximum Gasteiger partial charge on any atom is 0.326 e. The number of rotatable bonds is 8.